The first-order chi connectivity index (χ1) is 6.70. The molecule has 4 heteroatoms. The first kappa shape index (κ1) is 11.7. The van der Waals surface area contributed by atoms with Crippen LogP contribution in [0.4, 0.5) is 0 Å². The Morgan fingerprint density at radius 3 is 2.43 bits per heavy atom. The quantitative estimate of drug-likeness (QED) is 0.832. The summed E-state index contributed by atoms with van der Waals surface area (Å²) in [6.45, 7) is 5.00. The summed E-state index contributed by atoms with van der Waals surface area (Å²) in [6, 6.07) is 3.68. The average Bonchev–Trinajstić information content (AvgIpc) is 2.17. The number of benzene rings is 1. The van der Waals surface area contributed by atoms with Gasteiger partial charge in [-0.1, -0.05) is 11.6 Å². The first-order valence-corrected chi connectivity index (χ1v) is 5.61. The van der Waals surface area contributed by atoms with Crippen molar-refractivity contribution in [3.63, 3.8) is 0 Å². The lowest BCUT2D eigenvalue weighted by Crippen LogP contribution is -1.97. The Labute approximate surface area is 97.3 Å². The third kappa shape index (κ3) is 2.55. The summed E-state index contributed by atoms with van der Waals surface area (Å²) in [5.41, 5.74) is 0. The van der Waals surface area contributed by atoms with Crippen LogP contribution in [0, 0.1) is 0 Å². The van der Waals surface area contributed by atoms with Crippen LogP contribution in [0.25, 0.3) is 0 Å². The van der Waals surface area contributed by atoms with Crippen LogP contribution in [0.15, 0.2) is 16.6 Å². The lowest BCUT2D eigenvalue weighted by atomic mass is 10.3. The highest BCUT2D eigenvalue weighted by Gasteiger charge is 2.11. The number of hydrogen-bond acceptors (Lipinski definition) is 2. The summed E-state index contributed by atoms with van der Waals surface area (Å²) in [6.07, 6.45) is 0. The smallest absolute Gasteiger partial charge is 0.155 e. The first-order valence-electron chi connectivity index (χ1n) is 4.44. The van der Waals surface area contributed by atoms with Gasteiger partial charge in [0.2, 0.25) is 0 Å². The standard InChI is InChI=1S/C10H12BrClO2/c1-3-13-8-6-5-7(11)10(9(8)12)14-4-2/h5-6H,3-4H2,1-2H3. The van der Waals surface area contributed by atoms with Crippen molar-refractivity contribution in [1.29, 1.82) is 0 Å². The third-order valence-electron chi connectivity index (χ3n) is 1.60. The number of rotatable bonds is 4. The van der Waals surface area contributed by atoms with Crippen LogP contribution < -0.4 is 9.47 Å². The molecular weight excluding hydrogens is 267 g/mol. The minimum atomic E-state index is 0.517. The molecule has 14 heavy (non-hydrogen) atoms. The zero-order valence-corrected chi connectivity index (χ0v) is 10.5. The summed E-state index contributed by atoms with van der Waals surface area (Å²) in [7, 11) is 0. The van der Waals surface area contributed by atoms with Crippen LogP contribution in [-0.2, 0) is 0 Å². The highest BCUT2D eigenvalue weighted by molar-refractivity contribution is 9.10. The molecule has 0 unspecified atom stereocenters. The Morgan fingerprint density at radius 2 is 1.86 bits per heavy atom. The highest BCUT2D eigenvalue weighted by Crippen LogP contribution is 2.39. The van der Waals surface area contributed by atoms with Gasteiger partial charge in [-0.05, 0) is 41.9 Å². The molecule has 78 valence electrons. The third-order valence-corrected chi connectivity index (χ3v) is 2.58. The Morgan fingerprint density at radius 1 is 1.21 bits per heavy atom. The Hall–Kier alpha value is -0.410. The van der Waals surface area contributed by atoms with Crippen molar-refractivity contribution in [1.82, 2.24) is 0 Å². The van der Waals surface area contributed by atoms with Gasteiger partial charge in [-0.2, -0.15) is 0 Å². The molecule has 0 radical (unpaired) electrons. The largest absolute Gasteiger partial charge is 0.492 e. The van der Waals surface area contributed by atoms with Gasteiger partial charge in [-0.25, -0.2) is 0 Å². The second kappa shape index (κ2) is 5.47. The number of ether oxygens (including phenoxy) is 2. The molecule has 0 aliphatic carbocycles. The highest BCUT2D eigenvalue weighted by atomic mass is 79.9. The van der Waals surface area contributed by atoms with Gasteiger partial charge < -0.3 is 9.47 Å². The molecule has 0 amide bonds. The maximum Gasteiger partial charge on any atom is 0.155 e. The van der Waals surface area contributed by atoms with Crippen molar-refractivity contribution >= 4 is 27.5 Å². The normalized spacial score (nSPS) is 10.0. The summed E-state index contributed by atoms with van der Waals surface area (Å²) in [4.78, 5) is 0. The summed E-state index contributed by atoms with van der Waals surface area (Å²) in [5.74, 6) is 1.29. The van der Waals surface area contributed by atoms with Gasteiger partial charge in [-0.3, -0.25) is 0 Å². The van der Waals surface area contributed by atoms with E-state index in [1.165, 1.54) is 0 Å². The number of halogens is 2. The fraction of sp³-hybridized carbons (Fsp3) is 0.400. The van der Waals surface area contributed by atoms with E-state index in [1.54, 1.807) is 0 Å². The molecule has 0 N–H and O–H groups in total. The van der Waals surface area contributed by atoms with Crippen molar-refractivity contribution in [3.05, 3.63) is 21.6 Å². The molecule has 0 spiro atoms. The molecule has 2 nitrogen and oxygen atoms in total. The monoisotopic (exact) mass is 278 g/mol. The zero-order chi connectivity index (χ0) is 10.6. The molecular formula is C10H12BrClO2. The van der Waals surface area contributed by atoms with E-state index in [2.05, 4.69) is 15.9 Å². The molecule has 0 aromatic heterocycles. The molecule has 0 atom stereocenters. The maximum absolute atomic E-state index is 6.09. The Kier molecular flexibility index (Phi) is 4.55. The number of hydrogen-bond donors (Lipinski definition) is 0. The van der Waals surface area contributed by atoms with Crippen molar-refractivity contribution < 1.29 is 9.47 Å². The fourth-order valence-electron chi connectivity index (χ4n) is 1.06. The SMILES string of the molecule is CCOc1ccc(Br)c(OCC)c1Cl. The molecule has 0 aliphatic rings. The average molecular weight is 280 g/mol. The van der Waals surface area contributed by atoms with Crippen LogP contribution in [0.3, 0.4) is 0 Å². The van der Waals surface area contributed by atoms with Crippen LogP contribution in [0.1, 0.15) is 13.8 Å². The van der Waals surface area contributed by atoms with Gasteiger partial charge >= 0.3 is 0 Å². The Balaban J connectivity index is 3.05. The predicted octanol–water partition coefficient (Wildman–Crippen LogP) is 3.90. The molecule has 0 bridgehead atoms. The van der Waals surface area contributed by atoms with Crippen LogP contribution >= 0.6 is 27.5 Å². The Bertz CT molecular complexity index is 315. The van der Waals surface area contributed by atoms with Crippen LogP contribution in [-0.4, -0.2) is 13.2 Å². The molecule has 0 heterocycles. The minimum absolute atomic E-state index is 0.517. The van der Waals surface area contributed by atoms with E-state index in [4.69, 9.17) is 21.1 Å². The van der Waals surface area contributed by atoms with Crippen LogP contribution in [0.2, 0.25) is 5.02 Å². The van der Waals surface area contributed by atoms with Crippen molar-refractivity contribution in [3.8, 4) is 11.5 Å². The molecule has 0 saturated carbocycles. The summed E-state index contributed by atoms with van der Waals surface area (Å²) in [5, 5.41) is 0.517. The fourth-order valence-corrected chi connectivity index (χ4v) is 1.89. The van der Waals surface area contributed by atoms with Crippen LogP contribution in [0.5, 0.6) is 11.5 Å². The minimum Gasteiger partial charge on any atom is -0.492 e. The molecule has 1 rings (SSSR count). The van der Waals surface area contributed by atoms with Crippen molar-refractivity contribution in [2.75, 3.05) is 13.2 Å². The molecule has 1 aromatic rings. The van der Waals surface area contributed by atoms with E-state index in [0.29, 0.717) is 29.7 Å². The second-order valence-corrected chi connectivity index (χ2v) is 3.79. The van der Waals surface area contributed by atoms with E-state index in [1.807, 2.05) is 26.0 Å². The van der Waals surface area contributed by atoms with E-state index >= 15 is 0 Å². The van der Waals surface area contributed by atoms with Gasteiger partial charge in [-0.15, -0.1) is 0 Å². The zero-order valence-electron chi connectivity index (χ0n) is 8.14. The predicted molar refractivity (Wildman–Crippen MR) is 61.5 cm³/mol. The van der Waals surface area contributed by atoms with E-state index in [0.717, 1.165) is 4.47 Å². The lowest BCUT2D eigenvalue weighted by molar-refractivity contribution is 0.322. The van der Waals surface area contributed by atoms with Gasteiger partial charge in [0.15, 0.2) is 5.75 Å². The summed E-state index contributed by atoms with van der Waals surface area (Å²) < 4.78 is 11.6. The van der Waals surface area contributed by atoms with Gasteiger partial charge in [0.1, 0.15) is 10.8 Å². The second-order valence-electron chi connectivity index (χ2n) is 2.55. The van der Waals surface area contributed by atoms with E-state index < -0.39 is 0 Å². The summed E-state index contributed by atoms with van der Waals surface area (Å²) >= 11 is 9.46. The van der Waals surface area contributed by atoms with E-state index in [-0.39, 0.29) is 0 Å². The van der Waals surface area contributed by atoms with Gasteiger partial charge in [0, 0.05) is 0 Å². The molecule has 0 aliphatic heterocycles. The van der Waals surface area contributed by atoms with Gasteiger partial charge in [0.25, 0.3) is 0 Å². The van der Waals surface area contributed by atoms with Crippen molar-refractivity contribution in [2.45, 2.75) is 13.8 Å². The maximum atomic E-state index is 6.09. The van der Waals surface area contributed by atoms with Crippen molar-refractivity contribution in [2.24, 2.45) is 0 Å². The van der Waals surface area contributed by atoms with E-state index in [9.17, 15) is 0 Å². The van der Waals surface area contributed by atoms with Gasteiger partial charge in [0.05, 0.1) is 17.7 Å². The molecule has 0 fully saturated rings. The molecule has 0 saturated heterocycles. The molecule has 1 aromatic carbocycles. The topological polar surface area (TPSA) is 18.5 Å². The lowest BCUT2D eigenvalue weighted by Gasteiger charge is -2.11.